The van der Waals surface area contributed by atoms with Crippen LogP contribution >= 0.6 is 0 Å². The summed E-state index contributed by atoms with van der Waals surface area (Å²) in [4.78, 5) is 0. The maximum Gasteiger partial charge on any atom is 0.313 e. The Labute approximate surface area is 115 Å². The van der Waals surface area contributed by atoms with Gasteiger partial charge in [0.25, 0.3) is 5.89 Å². The van der Waals surface area contributed by atoms with E-state index in [0.717, 1.165) is 16.5 Å². The molecule has 6 nitrogen and oxygen atoms in total. The van der Waals surface area contributed by atoms with Crippen molar-refractivity contribution >= 4 is 16.8 Å². The van der Waals surface area contributed by atoms with E-state index in [9.17, 15) is 0 Å². The predicted octanol–water partition coefficient (Wildman–Crippen LogP) is 2.49. The number of aromatic nitrogens is 2. The van der Waals surface area contributed by atoms with Gasteiger partial charge in [-0.1, -0.05) is 17.2 Å². The fourth-order valence-electron chi connectivity index (χ4n) is 2.13. The number of hydrogen-bond donors (Lipinski definition) is 1. The van der Waals surface area contributed by atoms with Crippen LogP contribution in [0, 0.1) is 0 Å². The summed E-state index contributed by atoms with van der Waals surface area (Å²) in [5.74, 6) is 1.69. The number of hydrogen-bond acceptors (Lipinski definition) is 6. The summed E-state index contributed by atoms with van der Waals surface area (Å²) in [5.41, 5.74) is 6.20. The summed E-state index contributed by atoms with van der Waals surface area (Å²) in [6, 6.07) is 9.56. The molecular formula is C14H13N3O3. The summed E-state index contributed by atoms with van der Waals surface area (Å²) in [7, 11) is 3.20. The van der Waals surface area contributed by atoms with Gasteiger partial charge in [0, 0.05) is 5.39 Å². The second kappa shape index (κ2) is 4.73. The van der Waals surface area contributed by atoms with Gasteiger partial charge >= 0.3 is 6.01 Å². The molecule has 1 aromatic heterocycles. The zero-order chi connectivity index (χ0) is 14.1. The third kappa shape index (κ3) is 1.91. The molecule has 0 bridgehead atoms. The highest BCUT2D eigenvalue weighted by Crippen LogP contribution is 2.37. The van der Waals surface area contributed by atoms with E-state index in [4.69, 9.17) is 19.6 Å². The van der Waals surface area contributed by atoms with Crippen LogP contribution in [0.4, 0.5) is 6.01 Å². The fourth-order valence-corrected chi connectivity index (χ4v) is 2.13. The zero-order valence-corrected chi connectivity index (χ0v) is 11.1. The summed E-state index contributed by atoms with van der Waals surface area (Å²) >= 11 is 0. The number of ether oxygens (including phenoxy) is 2. The number of nitrogens with zero attached hydrogens (tertiary/aromatic N) is 2. The van der Waals surface area contributed by atoms with E-state index >= 15 is 0 Å². The van der Waals surface area contributed by atoms with Crippen LogP contribution in [0.25, 0.3) is 22.2 Å². The SMILES string of the molecule is COc1ccc2ccc(OC)c(-c3nnc(N)o3)c2c1. The lowest BCUT2D eigenvalue weighted by atomic mass is 10.0. The van der Waals surface area contributed by atoms with Crippen LogP contribution in [0.1, 0.15) is 0 Å². The number of anilines is 1. The van der Waals surface area contributed by atoms with E-state index < -0.39 is 0 Å². The highest BCUT2D eigenvalue weighted by molar-refractivity contribution is 5.98. The molecule has 2 aromatic carbocycles. The van der Waals surface area contributed by atoms with Crippen molar-refractivity contribution in [2.75, 3.05) is 20.0 Å². The van der Waals surface area contributed by atoms with Crippen LogP contribution in [-0.4, -0.2) is 24.4 Å². The van der Waals surface area contributed by atoms with Gasteiger partial charge in [-0.3, -0.25) is 0 Å². The maximum absolute atomic E-state index is 5.50. The van der Waals surface area contributed by atoms with Gasteiger partial charge in [-0.15, -0.1) is 5.10 Å². The van der Waals surface area contributed by atoms with Gasteiger partial charge in [0.15, 0.2) is 0 Å². The molecule has 20 heavy (non-hydrogen) atoms. The smallest absolute Gasteiger partial charge is 0.313 e. The Balaban J connectivity index is 2.35. The summed E-state index contributed by atoms with van der Waals surface area (Å²) in [5, 5.41) is 9.54. The predicted molar refractivity (Wildman–Crippen MR) is 74.8 cm³/mol. The number of methoxy groups -OCH3 is 2. The molecule has 0 amide bonds. The lowest BCUT2D eigenvalue weighted by molar-refractivity contribution is 0.413. The van der Waals surface area contributed by atoms with Gasteiger partial charge in [-0.25, -0.2) is 0 Å². The first kappa shape index (κ1) is 12.3. The normalized spacial score (nSPS) is 10.7. The van der Waals surface area contributed by atoms with Crippen LogP contribution in [0.5, 0.6) is 11.5 Å². The first-order valence-corrected chi connectivity index (χ1v) is 5.97. The monoisotopic (exact) mass is 271 g/mol. The summed E-state index contributed by atoms with van der Waals surface area (Å²) in [6.07, 6.45) is 0. The van der Waals surface area contributed by atoms with Crippen LogP contribution < -0.4 is 15.2 Å². The van der Waals surface area contributed by atoms with Crippen LogP contribution in [0.2, 0.25) is 0 Å². The van der Waals surface area contributed by atoms with Crippen molar-refractivity contribution in [2.45, 2.75) is 0 Å². The van der Waals surface area contributed by atoms with Crippen LogP contribution in [0.15, 0.2) is 34.7 Å². The highest BCUT2D eigenvalue weighted by Gasteiger charge is 2.17. The molecule has 0 saturated carbocycles. The van der Waals surface area contributed by atoms with Gasteiger partial charge in [0.05, 0.1) is 19.8 Å². The Kier molecular flexibility index (Phi) is 2.90. The molecule has 0 atom stereocenters. The van der Waals surface area contributed by atoms with Crippen LogP contribution in [-0.2, 0) is 0 Å². The second-order valence-electron chi connectivity index (χ2n) is 4.18. The third-order valence-electron chi connectivity index (χ3n) is 3.06. The fraction of sp³-hybridized carbons (Fsp3) is 0.143. The Morgan fingerprint density at radius 3 is 2.50 bits per heavy atom. The topological polar surface area (TPSA) is 83.4 Å². The molecule has 0 fully saturated rings. The average molecular weight is 271 g/mol. The van der Waals surface area contributed by atoms with Crippen LogP contribution in [0.3, 0.4) is 0 Å². The largest absolute Gasteiger partial charge is 0.497 e. The number of fused-ring (bicyclic) bond motifs is 1. The van der Waals surface area contributed by atoms with Gasteiger partial charge in [-0.2, -0.15) is 0 Å². The average Bonchev–Trinajstić information content (AvgIpc) is 2.91. The molecule has 0 saturated heterocycles. The van der Waals surface area contributed by atoms with Crippen molar-refractivity contribution in [2.24, 2.45) is 0 Å². The third-order valence-corrected chi connectivity index (χ3v) is 3.06. The Morgan fingerprint density at radius 1 is 1.05 bits per heavy atom. The van der Waals surface area contributed by atoms with Crippen molar-refractivity contribution in [3.05, 3.63) is 30.3 Å². The number of nitrogen functional groups attached to an aromatic ring is 1. The minimum Gasteiger partial charge on any atom is -0.497 e. The molecule has 6 heteroatoms. The maximum atomic E-state index is 5.50. The number of benzene rings is 2. The molecule has 102 valence electrons. The molecule has 0 radical (unpaired) electrons. The van der Waals surface area contributed by atoms with Crippen molar-refractivity contribution < 1.29 is 13.9 Å². The Hall–Kier alpha value is -2.76. The second-order valence-corrected chi connectivity index (χ2v) is 4.18. The van der Waals surface area contributed by atoms with Crippen molar-refractivity contribution in [1.29, 1.82) is 0 Å². The van der Waals surface area contributed by atoms with E-state index in [1.54, 1.807) is 14.2 Å². The molecule has 1 heterocycles. The number of nitrogens with two attached hydrogens (primary N) is 1. The minimum atomic E-state index is 0.0157. The lowest BCUT2D eigenvalue weighted by Gasteiger charge is -2.10. The first-order valence-electron chi connectivity index (χ1n) is 5.97. The van der Waals surface area contributed by atoms with Gasteiger partial charge < -0.3 is 19.6 Å². The van der Waals surface area contributed by atoms with E-state index in [2.05, 4.69) is 10.2 Å². The van der Waals surface area contributed by atoms with Crippen molar-refractivity contribution in [3.63, 3.8) is 0 Å². The molecule has 0 aliphatic carbocycles. The van der Waals surface area contributed by atoms with Gasteiger partial charge in [0.1, 0.15) is 11.5 Å². The van der Waals surface area contributed by atoms with E-state index in [1.165, 1.54) is 0 Å². The standard InChI is InChI=1S/C14H13N3O3/c1-18-9-5-3-8-4-6-11(19-2)12(10(8)7-9)13-16-17-14(15)20-13/h3-7H,1-2H3,(H2,15,17). The molecule has 0 aliphatic heterocycles. The molecule has 2 N–H and O–H groups in total. The van der Waals surface area contributed by atoms with E-state index in [0.29, 0.717) is 17.2 Å². The number of rotatable bonds is 3. The van der Waals surface area contributed by atoms with Crippen molar-refractivity contribution in [3.8, 4) is 23.0 Å². The van der Waals surface area contributed by atoms with E-state index in [1.807, 2.05) is 30.3 Å². The van der Waals surface area contributed by atoms with Gasteiger partial charge in [0.2, 0.25) is 0 Å². The van der Waals surface area contributed by atoms with Gasteiger partial charge in [-0.05, 0) is 23.6 Å². The molecule has 3 aromatic rings. The van der Waals surface area contributed by atoms with E-state index in [-0.39, 0.29) is 6.01 Å². The Morgan fingerprint density at radius 2 is 1.85 bits per heavy atom. The quantitative estimate of drug-likeness (QED) is 0.788. The molecule has 3 rings (SSSR count). The molecule has 0 unspecified atom stereocenters. The molecule has 0 aliphatic rings. The summed E-state index contributed by atoms with van der Waals surface area (Å²) in [6.45, 7) is 0. The first-order chi connectivity index (χ1) is 9.72. The lowest BCUT2D eigenvalue weighted by Crippen LogP contribution is -1.91. The highest BCUT2D eigenvalue weighted by atomic mass is 16.5. The zero-order valence-electron chi connectivity index (χ0n) is 11.1. The summed E-state index contributed by atoms with van der Waals surface area (Å²) < 4.78 is 16.0. The molecular weight excluding hydrogens is 258 g/mol. The Bertz CT molecular complexity index is 762. The minimum absolute atomic E-state index is 0.0157. The van der Waals surface area contributed by atoms with Crippen molar-refractivity contribution in [1.82, 2.24) is 10.2 Å². The molecule has 0 spiro atoms.